The standard InChI is InChI=1S/C27H45N3O2/c1-27(26-28-24(29-32-26)22-16-11-7-5-6-8-12-17-22)20-15-21-30(27)25(31)23-18-13-9-3-2-4-10-14-19-23/h22-23H,2-21H2,1H3. The van der Waals surface area contributed by atoms with Crippen LogP contribution in [0.1, 0.15) is 147 Å². The van der Waals surface area contributed by atoms with Gasteiger partial charge in [-0.15, -0.1) is 0 Å². The van der Waals surface area contributed by atoms with Gasteiger partial charge < -0.3 is 9.42 Å². The molecule has 5 heteroatoms. The monoisotopic (exact) mass is 443 g/mol. The molecule has 2 aliphatic carbocycles. The molecule has 0 spiro atoms. The van der Waals surface area contributed by atoms with E-state index >= 15 is 0 Å². The van der Waals surface area contributed by atoms with Gasteiger partial charge in [0.2, 0.25) is 5.91 Å². The van der Waals surface area contributed by atoms with Crippen LogP contribution < -0.4 is 0 Å². The lowest BCUT2D eigenvalue weighted by atomic mass is 9.89. The summed E-state index contributed by atoms with van der Waals surface area (Å²) in [6, 6.07) is 0. The van der Waals surface area contributed by atoms with Gasteiger partial charge >= 0.3 is 0 Å². The maximum atomic E-state index is 13.7. The molecule has 3 fully saturated rings. The predicted octanol–water partition coefficient (Wildman–Crippen LogP) is 7.27. The van der Waals surface area contributed by atoms with Gasteiger partial charge in [-0.3, -0.25) is 4.79 Å². The van der Waals surface area contributed by atoms with Crippen LogP contribution in [0.2, 0.25) is 0 Å². The van der Waals surface area contributed by atoms with Crippen molar-refractivity contribution in [1.29, 1.82) is 0 Å². The molecule has 1 aliphatic heterocycles. The van der Waals surface area contributed by atoms with Crippen LogP contribution in [0.5, 0.6) is 0 Å². The molecule has 0 aromatic carbocycles. The minimum Gasteiger partial charge on any atom is -0.337 e. The third kappa shape index (κ3) is 5.75. The first kappa shape index (κ1) is 23.8. The molecule has 5 nitrogen and oxygen atoms in total. The number of hydrogen-bond donors (Lipinski definition) is 0. The van der Waals surface area contributed by atoms with Crippen molar-refractivity contribution >= 4 is 5.91 Å². The molecule has 2 heterocycles. The summed E-state index contributed by atoms with van der Waals surface area (Å²) in [7, 11) is 0. The Hall–Kier alpha value is -1.39. The maximum Gasteiger partial charge on any atom is 0.252 e. The molecule has 1 saturated heterocycles. The topological polar surface area (TPSA) is 59.2 Å². The lowest BCUT2D eigenvalue weighted by molar-refractivity contribution is -0.141. The molecule has 1 aromatic rings. The van der Waals surface area contributed by atoms with Gasteiger partial charge in [-0.05, 0) is 45.4 Å². The van der Waals surface area contributed by atoms with Gasteiger partial charge in [0.1, 0.15) is 5.54 Å². The SMILES string of the molecule is CC1(c2nc(C3CCCCCCCC3)no2)CCCN1C(=O)C1CCCCCCCCC1. The molecule has 3 aliphatic rings. The fourth-order valence-electron chi connectivity index (χ4n) is 6.33. The number of nitrogens with zero attached hydrogens (tertiary/aromatic N) is 3. The van der Waals surface area contributed by atoms with Gasteiger partial charge in [0.05, 0.1) is 0 Å². The van der Waals surface area contributed by atoms with Gasteiger partial charge in [0.15, 0.2) is 5.82 Å². The number of carbonyl (C=O) groups is 1. The molecule has 1 unspecified atom stereocenters. The van der Waals surface area contributed by atoms with Crippen LogP contribution in [-0.4, -0.2) is 27.5 Å². The van der Waals surface area contributed by atoms with Crippen LogP contribution in [0.25, 0.3) is 0 Å². The van der Waals surface area contributed by atoms with E-state index in [4.69, 9.17) is 9.51 Å². The van der Waals surface area contributed by atoms with E-state index in [0.717, 1.165) is 38.1 Å². The van der Waals surface area contributed by atoms with Crippen molar-refractivity contribution in [3.8, 4) is 0 Å². The zero-order chi connectivity index (χ0) is 22.2. The second-order valence-electron chi connectivity index (χ2n) is 11.0. The molecule has 0 N–H and O–H groups in total. The zero-order valence-corrected chi connectivity index (χ0v) is 20.5. The summed E-state index contributed by atoms with van der Waals surface area (Å²) in [6.07, 6.45) is 23.2. The largest absolute Gasteiger partial charge is 0.337 e. The second-order valence-corrected chi connectivity index (χ2v) is 11.0. The number of rotatable bonds is 3. The Kier molecular flexibility index (Phi) is 8.65. The third-order valence-electron chi connectivity index (χ3n) is 8.48. The van der Waals surface area contributed by atoms with E-state index < -0.39 is 5.54 Å². The van der Waals surface area contributed by atoms with Crippen molar-refractivity contribution in [2.45, 2.75) is 140 Å². The minimum atomic E-state index is -0.434. The van der Waals surface area contributed by atoms with E-state index in [2.05, 4.69) is 17.0 Å². The summed E-state index contributed by atoms with van der Waals surface area (Å²) >= 11 is 0. The molecule has 0 radical (unpaired) electrons. The Labute approximate surface area is 195 Å². The highest BCUT2D eigenvalue weighted by Gasteiger charge is 2.47. The fraction of sp³-hybridized carbons (Fsp3) is 0.889. The van der Waals surface area contributed by atoms with Crippen LogP contribution >= 0.6 is 0 Å². The molecule has 1 atom stereocenters. The summed E-state index contributed by atoms with van der Waals surface area (Å²) < 4.78 is 5.90. The van der Waals surface area contributed by atoms with Gasteiger partial charge in [-0.2, -0.15) is 4.98 Å². The van der Waals surface area contributed by atoms with Crippen molar-refractivity contribution in [1.82, 2.24) is 15.0 Å². The normalized spacial score (nSPS) is 28.1. The van der Waals surface area contributed by atoms with Gasteiger partial charge in [0.25, 0.3) is 5.89 Å². The summed E-state index contributed by atoms with van der Waals surface area (Å²) in [5.41, 5.74) is -0.434. The Morgan fingerprint density at radius 3 is 1.94 bits per heavy atom. The molecule has 180 valence electrons. The second kappa shape index (κ2) is 11.7. The molecule has 0 bridgehead atoms. The lowest BCUT2D eigenvalue weighted by Gasteiger charge is -2.35. The number of carbonyl (C=O) groups excluding carboxylic acids is 1. The van der Waals surface area contributed by atoms with Gasteiger partial charge in [-0.1, -0.05) is 88.6 Å². The van der Waals surface area contributed by atoms with Crippen LogP contribution in [0.4, 0.5) is 0 Å². The van der Waals surface area contributed by atoms with Crippen LogP contribution in [0, 0.1) is 5.92 Å². The van der Waals surface area contributed by atoms with E-state index in [0.29, 0.717) is 17.7 Å². The number of hydrogen-bond acceptors (Lipinski definition) is 4. The van der Waals surface area contributed by atoms with E-state index in [9.17, 15) is 4.79 Å². The molecule has 1 amide bonds. The molecule has 2 saturated carbocycles. The number of amides is 1. The molecular formula is C27H45N3O2. The van der Waals surface area contributed by atoms with Crippen molar-refractivity contribution in [3.63, 3.8) is 0 Å². The highest BCUT2D eigenvalue weighted by molar-refractivity contribution is 5.80. The average Bonchev–Trinajstić information content (AvgIpc) is 3.47. The summed E-state index contributed by atoms with van der Waals surface area (Å²) in [4.78, 5) is 20.8. The Balaban J connectivity index is 1.46. The maximum absolute atomic E-state index is 13.7. The third-order valence-corrected chi connectivity index (χ3v) is 8.48. The van der Waals surface area contributed by atoms with Gasteiger partial charge in [0, 0.05) is 18.4 Å². The Morgan fingerprint density at radius 2 is 1.34 bits per heavy atom. The predicted molar refractivity (Wildman–Crippen MR) is 127 cm³/mol. The molecule has 1 aromatic heterocycles. The quantitative estimate of drug-likeness (QED) is 0.493. The molecule has 32 heavy (non-hydrogen) atoms. The highest BCUT2D eigenvalue weighted by atomic mass is 16.5. The summed E-state index contributed by atoms with van der Waals surface area (Å²) in [5.74, 6) is 2.49. The molecule has 4 rings (SSSR count). The van der Waals surface area contributed by atoms with Crippen molar-refractivity contribution < 1.29 is 9.32 Å². The number of likely N-dealkylation sites (tertiary alicyclic amines) is 1. The number of aromatic nitrogens is 2. The lowest BCUT2D eigenvalue weighted by Crippen LogP contribution is -2.46. The van der Waals surface area contributed by atoms with Crippen molar-refractivity contribution in [2.24, 2.45) is 5.92 Å². The Bertz CT molecular complexity index is 698. The first-order valence-electron chi connectivity index (χ1n) is 13.8. The first-order valence-corrected chi connectivity index (χ1v) is 13.8. The minimum absolute atomic E-state index is 0.169. The smallest absolute Gasteiger partial charge is 0.252 e. The average molecular weight is 444 g/mol. The summed E-state index contributed by atoms with van der Waals surface area (Å²) in [6.45, 7) is 2.99. The summed E-state index contributed by atoms with van der Waals surface area (Å²) in [5, 5.41) is 4.46. The van der Waals surface area contributed by atoms with E-state index in [1.165, 1.54) is 96.3 Å². The van der Waals surface area contributed by atoms with E-state index in [-0.39, 0.29) is 5.92 Å². The van der Waals surface area contributed by atoms with E-state index in [1.807, 2.05) is 0 Å². The molecular weight excluding hydrogens is 398 g/mol. The van der Waals surface area contributed by atoms with Crippen LogP contribution in [-0.2, 0) is 10.3 Å². The fourth-order valence-corrected chi connectivity index (χ4v) is 6.33. The highest BCUT2D eigenvalue weighted by Crippen LogP contribution is 2.41. The van der Waals surface area contributed by atoms with Crippen LogP contribution in [0.15, 0.2) is 4.52 Å². The van der Waals surface area contributed by atoms with Crippen molar-refractivity contribution in [2.75, 3.05) is 6.54 Å². The van der Waals surface area contributed by atoms with E-state index in [1.54, 1.807) is 0 Å². The first-order chi connectivity index (χ1) is 15.7. The zero-order valence-electron chi connectivity index (χ0n) is 20.5. The van der Waals surface area contributed by atoms with Crippen LogP contribution in [0.3, 0.4) is 0 Å². The van der Waals surface area contributed by atoms with Gasteiger partial charge in [-0.25, -0.2) is 0 Å². The Morgan fingerprint density at radius 1 is 0.812 bits per heavy atom. The van der Waals surface area contributed by atoms with Crippen molar-refractivity contribution in [3.05, 3.63) is 11.7 Å².